The molecule has 38 valence electrons. The van der Waals surface area contributed by atoms with Gasteiger partial charge in [0.2, 0.25) is 0 Å². The number of hydrogen-bond donors (Lipinski definition) is 0. The quantitative estimate of drug-likeness (QED) is 0.301. The fraction of sp³-hybridized carbons (Fsp3) is 0.400. The molecule has 1 rings (SSSR count). The molecule has 0 atom stereocenters. The van der Waals surface area contributed by atoms with Gasteiger partial charge in [0.1, 0.15) is 0 Å². The third-order valence-electron chi connectivity index (χ3n) is 0.922. The van der Waals surface area contributed by atoms with Gasteiger partial charge in [0.05, 0.1) is 0 Å². The molecule has 0 aliphatic carbocycles. The van der Waals surface area contributed by atoms with Gasteiger partial charge in [-0.2, -0.15) is 0 Å². The minimum atomic E-state index is 0. The third-order valence-corrected chi connectivity index (χ3v) is 1.71. The molecule has 1 nitrogen and oxygen atoms in total. The maximum atomic E-state index is 3.91. The smallest absolute Gasteiger partial charge is 0.391 e. The van der Waals surface area contributed by atoms with Crippen molar-refractivity contribution in [2.45, 2.75) is 13.8 Å². The Balaban J connectivity index is 0.000000490. The van der Waals surface area contributed by atoms with Crippen LogP contribution >= 0.6 is 11.3 Å². The van der Waals surface area contributed by atoms with Crippen LogP contribution in [0.15, 0.2) is 0 Å². The van der Waals surface area contributed by atoms with E-state index in [2.05, 4.69) is 10.5 Å². The topological polar surface area (TPSA) is 12.9 Å². The van der Waals surface area contributed by atoms with E-state index in [9.17, 15) is 0 Å². The van der Waals surface area contributed by atoms with Gasteiger partial charge in [-0.1, -0.05) is 13.8 Å². The molecule has 0 amide bonds. The van der Waals surface area contributed by atoms with Crippen molar-refractivity contribution in [3.63, 3.8) is 0 Å². The van der Waals surface area contributed by atoms with E-state index < -0.39 is 0 Å². The normalized spacial score (nSPS) is 8.25. The van der Waals surface area contributed by atoms with E-state index in [1.54, 1.807) is 11.3 Å². The minimum Gasteiger partial charge on any atom is -0.391 e. The van der Waals surface area contributed by atoms with Crippen LogP contribution in [0.1, 0.15) is 10.6 Å². The number of aromatic nitrogens is 1. The minimum absolute atomic E-state index is 0. The molecule has 0 aromatic carbocycles. The first-order valence-corrected chi connectivity index (χ1v) is 2.92. The Morgan fingerprint density at radius 3 is 2.25 bits per heavy atom. The standard InChI is InChI=1S/C5H6NS.Li/c1-4-5(2)7-3-6-4;/h1-2H3;/q-1;+1. The first-order valence-electron chi connectivity index (χ1n) is 2.11. The van der Waals surface area contributed by atoms with Gasteiger partial charge in [-0.3, -0.25) is 11.3 Å². The zero-order valence-electron chi connectivity index (χ0n) is 5.36. The summed E-state index contributed by atoms with van der Waals surface area (Å²) >= 11 is 1.57. The van der Waals surface area contributed by atoms with Gasteiger partial charge in [0, 0.05) is 0 Å². The molecule has 0 bridgehead atoms. The van der Waals surface area contributed by atoms with Crippen molar-refractivity contribution < 1.29 is 18.9 Å². The van der Waals surface area contributed by atoms with Crippen LogP contribution in [0, 0.1) is 19.4 Å². The molecular weight excluding hydrogens is 113 g/mol. The van der Waals surface area contributed by atoms with Gasteiger partial charge in [-0.15, -0.1) is 10.6 Å². The molecule has 1 aromatic rings. The molecule has 3 heteroatoms. The first kappa shape index (κ1) is 8.23. The molecule has 0 unspecified atom stereocenters. The molecule has 1 aromatic heterocycles. The Labute approximate surface area is 65.3 Å². The summed E-state index contributed by atoms with van der Waals surface area (Å²) in [5, 5.41) is 0. The van der Waals surface area contributed by atoms with Crippen molar-refractivity contribution in [2.75, 3.05) is 0 Å². The first-order chi connectivity index (χ1) is 3.30. The molecule has 8 heavy (non-hydrogen) atoms. The zero-order chi connectivity index (χ0) is 5.28. The summed E-state index contributed by atoms with van der Waals surface area (Å²) in [5.41, 5.74) is 3.89. The zero-order valence-corrected chi connectivity index (χ0v) is 6.17. The summed E-state index contributed by atoms with van der Waals surface area (Å²) in [4.78, 5) is 5.17. The van der Waals surface area contributed by atoms with E-state index in [4.69, 9.17) is 0 Å². The third kappa shape index (κ3) is 1.63. The molecule has 0 saturated carbocycles. The van der Waals surface area contributed by atoms with E-state index in [1.165, 1.54) is 4.88 Å². The number of aryl methyl sites for hydroxylation is 2. The van der Waals surface area contributed by atoms with Crippen LogP contribution in [-0.4, -0.2) is 4.98 Å². The molecule has 0 radical (unpaired) electrons. The Hall–Kier alpha value is 0.227. The summed E-state index contributed by atoms with van der Waals surface area (Å²) in [7, 11) is 0. The van der Waals surface area contributed by atoms with E-state index in [-0.39, 0.29) is 18.9 Å². The molecule has 0 N–H and O–H groups in total. The van der Waals surface area contributed by atoms with Crippen molar-refractivity contribution in [3.8, 4) is 0 Å². The number of rotatable bonds is 0. The largest absolute Gasteiger partial charge is 1.00 e. The maximum absolute atomic E-state index is 3.91. The molecule has 1 heterocycles. The Morgan fingerprint density at radius 2 is 2.12 bits per heavy atom. The second-order valence-corrected chi connectivity index (χ2v) is 2.45. The summed E-state index contributed by atoms with van der Waals surface area (Å²) in [6, 6.07) is 0. The van der Waals surface area contributed by atoms with Crippen LogP contribution in [0.4, 0.5) is 0 Å². The van der Waals surface area contributed by atoms with Crippen LogP contribution in [0.2, 0.25) is 0 Å². The fourth-order valence-corrected chi connectivity index (χ4v) is 0.825. The molecule has 0 fully saturated rings. The molecule has 0 aliphatic rings. The Kier molecular flexibility index (Phi) is 3.39. The van der Waals surface area contributed by atoms with Crippen molar-refractivity contribution >= 4 is 11.3 Å². The summed E-state index contributed by atoms with van der Waals surface area (Å²) < 4.78 is 0. The van der Waals surface area contributed by atoms with Gasteiger partial charge in [-0.05, 0) is 5.51 Å². The van der Waals surface area contributed by atoms with Gasteiger partial charge in [0.15, 0.2) is 0 Å². The molecule has 0 spiro atoms. The van der Waals surface area contributed by atoms with E-state index >= 15 is 0 Å². The van der Waals surface area contributed by atoms with Crippen LogP contribution in [0.25, 0.3) is 0 Å². The van der Waals surface area contributed by atoms with Gasteiger partial charge in [-0.25, -0.2) is 0 Å². The van der Waals surface area contributed by atoms with Gasteiger partial charge in [0.25, 0.3) is 0 Å². The molecule has 0 aliphatic heterocycles. The maximum Gasteiger partial charge on any atom is 1.00 e. The SMILES string of the molecule is Cc1n[c-]sc1C.[Li+]. The van der Waals surface area contributed by atoms with Gasteiger partial charge < -0.3 is 4.98 Å². The monoisotopic (exact) mass is 119 g/mol. The van der Waals surface area contributed by atoms with Crippen LogP contribution in [-0.2, 0) is 0 Å². The summed E-state index contributed by atoms with van der Waals surface area (Å²) in [6.07, 6.45) is 0. The van der Waals surface area contributed by atoms with Crippen LogP contribution in [0.5, 0.6) is 0 Å². The Morgan fingerprint density at radius 1 is 1.50 bits per heavy atom. The van der Waals surface area contributed by atoms with Crippen molar-refractivity contribution in [2.24, 2.45) is 0 Å². The predicted octanol–water partition coefficient (Wildman–Crippen LogP) is -1.44. The summed E-state index contributed by atoms with van der Waals surface area (Å²) in [5.74, 6) is 0. The van der Waals surface area contributed by atoms with Crippen LogP contribution in [0.3, 0.4) is 0 Å². The van der Waals surface area contributed by atoms with E-state index in [0.29, 0.717) is 0 Å². The number of thiazole rings is 1. The average molecular weight is 119 g/mol. The second-order valence-electron chi connectivity index (χ2n) is 1.45. The van der Waals surface area contributed by atoms with Gasteiger partial charge >= 0.3 is 18.9 Å². The average Bonchev–Trinajstić information content (AvgIpc) is 1.91. The second kappa shape index (κ2) is 3.29. The Bertz CT molecular complexity index is 145. The van der Waals surface area contributed by atoms with E-state index in [1.807, 2.05) is 13.8 Å². The predicted molar refractivity (Wildman–Crippen MR) is 30.4 cm³/mol. The van der Waals surface area contributed by atoms with E-state index in [0.717, 1.165) is 5.69 Å². The number of nitrogens with zero attached hydrogens (tertiary/aromatic N) is 1. The van der Waals surface area contributed by atoms with Crippen LogP contribution < -0.4 is 18.9 Å². The van der Waals surface area contributed by atoms with Crippen molar-refractivity contribution in [1.82, 2.24) is 4.98 Å². The van der Waals surface area contributed by atoms with Crippen molar-refractivity contribution in [3.05, 3.63) is 16.1 Å². The molecule has 0 saturated heterocycles. The molecular formula is C5H6LiNS. The summed E-state index contributed by atoms with van der Waals surface area (Å²) in [6.45, 7) is 4.03. The van der Waals surface area contributed by atoms with Crippen molar-refractivity contribution in [1.29, 1.82) is 0 Å². The fourth-order valence-electron chi connectivity index (χ4n) is 0.312. The number of hydrogen-bond acceptors (Lipinski definition) is 2.